The maximum atomic E-state index is 12.7. The Morgan fingerprint density at radius 1 is 0.795 bits per heavy atom. The summed E-state index contributed by atoms with van der Waals surface area (Å²) in [5, 5.41) is 8.92. The SMILES string of the molecule is C=CCNc1nc(NCC=C)c(C=O)c(OCc2ccc(CC(=O)Nc3ccc(COc4cccnc4C=O)cc3)cc2)n1. The molecule has 0 radical (unpaired) electrons. The minimum absolute atomic E-state index is 0.136. The number of pyridine rings is 1. The van der Waals surface area contributed by atoms with Gasteiger partial charge in [-0.1, -0.05) is 48.6 Å². The second-order valence-corrected chi connectivity index (χ2v) is 9.39. The minimum atomic E-state index is -0.167. The van der Waals surface area contributed by atoms with Crippen LogP contribution in [0.4, 0.5) is 17.5 Å². The molecule has 4 rings (SSSR count). The van der Waals surface area contributed by atoms with Crippen molar-refractivity contribution in [3.05, 3.63) is 120 Å². The fraction of sp³-hybridized carbons (Fsp3) is 0.152. The molecule has 2 aromatic carbocycles. The summed E-state index contributed by atoms with van der Waals surface area (Å²) in [6.07, 6.45) is 6.33. The highest BCUT2D eigenvalue weighted by atomic mass is 16.5. The number of aromatic nitrogens is 3. The van der Waals surface area contributed by atoms with Crippen LogP contribution in [0.25, 0.3) is 0 Å². The molecule has 11 heteroatoms. The van der Waals surface area contributed by atoms with Crippen molar-refractivity contribution in [2.24, 2.45) is 0 Å². The highest BCUT2D eigenvalue weighted by Crippen LogP contribution is 2.24. The van der Waals surface area contributed by atoms with Crippen LogP contribution in [0.15, 0.2) is 92.2 Å². The van der Waals surface area contributed by atoms with Crippen molar-refractivity contribution in [3.8, 4) is 11.6 Å². The van der Waals surface area contributed by atoms with Crippen molar-refractivity contribution in [1.29, 1.82) is 0 Å². The highest BCUT2D eigenvalue weighted by molar-refractivity contribution is 5.92. The van der Waals surface area contributed by atoms with Crippen LogP contribution in [0.1, 0.15) is 37.5 Å². The van der Waals surface area contributed by atoms with E-state index in [0.717, 1.165) is 16.7 Å². The number of benzene rings is 2. The average Bonchev–Trinajstić information content (AvgIpc) is 3.05. The Bertz CT molecular complexity index is 1610. The molecular formula is C33H32N6O5. The average molecular weight is 593 g/mol. The standard InChI is InChI=1S/C33H32N6O5/c1-3-15-35-31-27(19-40)32(39-33(38-31)36-16-4-2)44-22-24-9-7-23(8-10-24)18-30(42)37-26-13-11-25(12-14-26)21-43-29-6-5-17-34-28(29)20-41/h3-14,17,19-20H,1-2,15-16,18,21-22H2,(H,37,42)(H2,35,36,38,39). The van der Waals surface area contributed by atoms with E-state index in [1.807, 2.05) is 36.4 Å². The number of amides is 1. The van der Waals surface area contributed by atoms with E-state index in [0.29, 0.717) is 48.9 Å². The number of hydrogen-bond donors (Lipinski definition) is 3. The quantitative estimate of drug-likeness (QED) is 0.113. The van der Waals surface area contributed by atoms with Gasteiger partial charge in [0.1, 0.15) is 36.0 Å². The Labute approximate surface area is 255 Å². The predicted octanol–water partition coefficient (Wildman–Crippen LogP) is 5.03. The Morgan fingerprint density at radius 2 is 1.45 bits per heavy atom. The lowest BCUT2D eigenvalue weighted by atomic mass is 10.1. The Balaban J connectivity index is 1.31. The summed E-state index contributed by atoms with van der Waals surface area (Å²) in [6, 6.07) is 18.0. The largest absolute Gasteiger partial charge is 0.487 e. The van der Waals surface area contributed by atoms with Crippen molar-refractivity contribution >= 4 is 35.9 Å². The van der Waals surface area contributed by atoms with E-state index < -0.39 is 0 Å². The van der Waals surface area contributed by atoms with Crippen LogP contribution in [-0.4, -0.2) is 46.5 Å². The summed E-state index contributed by atoms with van der Waals surface area (Å²) in [6.45, 7) is 8.60. The number of aldehydes is 2. The summed E-state index contributed by atoms with van der Waals surface area (Å²) in [7, 11) is 0. The molecule has 3 N–H and O–H groups in total. The van der Waals surface area contributed by atoms with Gasteiger partial charge in [-0.3, -0.25) is 14.4 Å². The van der Waals surface area contributed by atoms with E-state index in [9.17, 15) is 14.4 Å². The third kappa shape index (κ3) is 8.83. The number of ether oxygens (including phenoxy) is 2. The zero-order valence-electron chi connectivity index (χ0n) is 24.0. The molecule has 0 aliphatic rings. The summed E-state index contributed by atoms with van der Waals surface area (Å²) < 4.78 is 11.6. The van der Waals surface area contributed by atoms with Gasteiger partial charge in [0.05, 0.1) is 6.42 Å². The first-order valence-corrected chi connectivity index (χ1v) is 13.7. The molecule has 2 aromatic heterocycles. The molecule has 0 saturated carbocycles. The summed E-state index contributed by atoms with van der Waals surface area (Å²) in [5.74, 6) is 1.00. The third-order valence-electron chi connectivity index (χ3n) is 6.15. The van der Waals surface area contributed by atoms with Crippen molar-refractivity contribution < 1.29 is 23.9 Å². The number of nitrogens with zero attached hydrogens (tertiary/aromatic N) is 3. The van der Waals surface area contributed by atoms with E-state index in [-0.39, 0.29) is 42.7 Å². The molecule has 0 bridgehead atoms. The van der Waals surface area contributed by atoms with Gasteiger partial charge in [-0.05, 0) is 41.0 Å². The first-order chi connectivity index (χ1) is 21.5. The van der Waals surface area contributed by atoms with Gasteiger partial charge in [-0.15, -0.1) is 13.2 Å². The molecule has 224 valence electrons. The van der Waals surface area contributed by atoms with Gasteiger partial charge in [0, 0.05) is 25.0 Å². The Hall–Kier alpha value is -5.84. The zero-order chi connectivity index (χ0) is 31.1. The molecule has 0 aliphatic carbocycles. The van der Waals surface area contributed by atoms with Crippen LogP contribution < -0.4 is 25.4 Å². The molecule has 11 nitrogen and oxygen atoms in total. The van der Waals surface area contributed by atoms with E-state index >= 15 is 0 Å². The Morgan fingerprint density at radius 3 is 2.14 bits per heavy atom. The zero-order valence-corrected chi connectivity index (χ0v) is 24.0. The lowest BCUT2D eigenvalue weighted by Crippen LogP contribution is -2.14. The van der Waals surface area contributed by atoms with Gasteiger partial charge in [0.15, 0.2) is 12.6 Å². The first kappa shape index (κ1) is 31.1. The summed E-state index contributed by atoms with van der Waals surface area (Å²) >= 11 is 0. The highest BCUT2D eigenvalue weighted by Gasteiger charge is 2.16. The van der Waals surface area contributed by atoms with E-state index in [1.54, 1.807) is 36.4 Å². The molecule has 44 heavy (non-hydrogen) atoms. The second kappa shape index (κ2) is 16.0. The number of carbonyl (C=O) groups is 3. The molecule has 4 aromatic rings. The van der Waals surface area contributed by atoms with Crippen LogP contribution in [0, 0.1) is 0 Å². The van der Waals surface area contributed by atoms with Gasteiger partial charge in [0.2, 0.25) is 17.7 Å². The maximum absolute atomic E-state index is 12.7. The number of anilines is 3. The number of rotatable bonds is 17. The maximum Gasteiger partial charge on any atom is 0.231 e. The van der Waals surface area contributed by atoms with Crippen LogP contribution in [0.3, 0.4) is 0 Å². The molecular weight excluding hydrogens is 560 g/mol. The monoisotopic (exact) mass is 592 g/mol. The van der Waals surface area contributed by atoms with Crippen LogP contribution >= 0.6 is 0 Å². The number of carbonyl (C=O) groups excluding carboxylic acids is 3. The number of hydrogen-bond acceptors (Lipinski definition) is 10. The van der Waals surface area contributed by atoms with Crippen LogP contribution in [0.5, 0.6) is 11.6 Å². The fourth-order valence-electron chi connectivity index (χ4n) is 3.97. The van der Waals surface area contributed by atoms with Gasteiger partial charge in [-0.25, -0.2) is 4.98 Å². The predicted molar refractivity (Wildman–Crippen MR) is 168 cm³/mol. The molecule has 0 saturated heterocycles. The molecule has 0 aliphatic heterocycles. The van der Waals surface area contributed by atoms with Gasteiger partial charge in [-0.2, -0.15) is 9.97 Å². The molecule has 1 amide bonds. The van der Waals surface area contributed by atoms with Crippen molar-refractivity contribution in [3.63, 3.8) is 0 Å². The van der Waals surface area contributed by atoms with Crippen LogP contribution in [0.2, 0.25) is 0 Å². The molecule has 2 heterocycles. The molecule has 0 unspecified atom stereocenters. The minimum Gasteiger partial charge on any atom is -0.487 e. The van der Waals surface area contributed by atoms with Crippen molar-refractivity contribution in [1.82, 2.24) is 15.0 Å². The van der Waals surface area contributed by atoms with E-state index in [1.165, 1.54) is 6.20 Å². The second-order valence-electron chi connectivity index (χ2n) is 9.39. The smallest absolute Gasteiger partial charge is 0.231 e. The first-order valence-electron chi connectivity index (χ1n) is 13.7. The van der Waals surface area contributed by atoms with E-state index in [2.05, 4.69) is 44.1 Å². The van der Waals surface area contributed by atoms with Crippen molar-refractivity contribution in [2.75, 3.05) is 29.0 Å². The van der Waals surface area contributed by atoms with E-state index in [4.69, 9.17) is 9.47 Å². The Kier molecular flexibility index (Phi) is 11.3. The molecule has 0 fully saturated rings. The third-order valence-corrected chi connectivity index (χ3v) is 6.15. The lowest BCUT2D eigenvalue weighted by molar-refractivity contribution is -0.115. The normalized spacial score (nSPS) is 10.3. The van der Waals surface area contributed by atoms with Crippen molar-refractivity contribution in [2.45, 2.75) is 19.6 Å². The summed E-state index contributed by atoms with van der Waals surface area (Å²) in [4.78, 5) is 48.2. The van der Waals surface area contributed by atoms with Gasteiger partial charge in [0.25, 0.3) is 0 Å². The summed E-state index contributed by atoms with van der Waals surface area (Å²) in [5.41, 5.74) is 3.62. The number of nitrogens with one attached hydrogen (secondary N) is 3. The molecule has 0 atom stereocenters. The topological polar surface area (TPSA) is 144 Å². The fourth-order valence-corrected chi connectivity index (χ4v) is 3.97. The van der Waals surface area contributed by atoms with Gasteiger partial charge < -0.3 is 25.4 Å². The van der Waals surface area contributed by atoms with Gasteiger partial charge >= 0.3 is 0 Å². The van der Waals surface area contributed by atoms with Crippen LogP contribution in [-0.2, 0) is 24.4 Å². The molecule has 0 spiro atoms. The lowest BCUT2D eigenvalue weighted by Gasteiger charge is -2.14.